The van der Waals surface area contributed by atoms with Gasteiger partial charge in [0.15, 0.2) is 0 Å². The Morgan fingerprint density at radius 3 is 3.00 bits per heavy atom. The first-order valence-corrected chi connectivity index (χ1v) is 6.30. The van der Waals surface area contributed by atoms with Gasteiger partial charge < -0.3 is 16.0 Å². The van der Waals surface area contributed by atoms with Gasteiger partial charge in [-0.2, -0.15) is 5.26 Å². The minimum absolute atomic E-state index is 0.161. The molecule has 0 aliphatic heterocycles. The molecule has 6 nitrogen and oxygen atoms in total. The van der Waals surface area contributed by atoms with Crippen LogP contribution in [0.25, 0.3) is 0 Å². The highest BCUT2D eigenvalue weighted by Gasteiger charge is 2.04. The second-order valence-corrected chi connectivity index (χ2v) is 4.15. The van der Waals surface area contributed by atoms with Gasteiger partial charge in [-0.25, -0.2) is 9.78 Å². The standard InChI is InChI=1S/C13H19N5O/c1-3-10(2)18-13(19)17-8-7-16-12-11(9-14)5-4-6-15-12/h4-6,10H,3,7-8H2,1-2H3,(H,15,16)(H2,17,18,19). The molecular formula is C13H19N5O. The maximum absolute atomic E-state index is 11.4. The smallest absolute Gasteiger partial charge is 0.315 e. The summed E-state index contributed by atoms with van der Waals surface area (Å²) in [5.74, 6) is 0.536. The Morgan fingerprint density at radius 2 is 2.32 bits per heavy atom. The molecule has 102 valence electrons. The lowest BCUT2D eigenvalue weighted by Crippen LogP contribution is -2.42. The number of nitrogens with zero attached hydrogens (tertiary/aromatic N) is 2. The van der Waals surface area contributed by atoms with Crippen LogP contribution in [-0.4, -0.2) is 30.1 Å². The molecule has 3 N–H and O–H groups in total. The summed E-state index contributed by atoms with van der Waals surface area (Å²) in [5.41, 5.74) is 0.492. The number of anilines is 1. The maximum atomic E-state index is 11.4. The fourth-order valence-corrected chi connectivity index (χ4v) is 1.37. The highest BCUT2D eigenvalue weighted by atomic mass is 16.2. The summed E-state index contributed by atoms with van der Waals surface area (Å²) in [6, 6.07) is 5.44. The Balaban J connectivity index is 2.28. The number of carbonyl (C=O) groups excluding carboxylic acids is 1. The number of urea groups is 1. The Bertz CT molecular complexity index is 455. The van der Waals surface area contributed by atoms with Gasteiger partial charge in [0.25, 0.3) is 0 Å². The van der Waals surface area contributed by atoms with Gasteiger partial charge in [-0.1, -0.05) is 6.92 Å². The predicted octanol–water partition coefficient (Wildman–Crippen LogP) is 1.46. The van der Waals surface area contributed by atoms with Crippen molar-refractivity contribution in [3.8, 4) is 6.07 Å². The SMILES string of the molecule is CCC(C)NC(=O)NCCNc1ncccc1C#N. The molecule has 0 spiro atoms. The molecule has 1 unspecified atom stereocenters. The summed E-state index contributed by atoms with van der Waals surface area (Å²) in [6.45, 7) is 4.94. The van der Waals surface area contributed by atoms with E-state index >= 15 is 0 Å². The number of nitriles is 1. The van der Waals surface area contributed by atoms with Crippen LogP contribution in [0.5, 0.6) is 0 Å². The second kappa shape index (κ2) is 7.93. The Hall–Kier alpha value is -2.29. The highest BCUT2D eigenvalue weighted by molar-refractivity contribution is 5.74. The summed E-state index contributed by atoms with van der Waals surface area (Å²) in [7, 11) is 0. The van der Waals surface area contributed by atoms with Gasteiger partial charge in [-0.15, -0.1) is 0 Å². The van der Waals surface area contributed by atoms with E-state index in [1.54, 1.807) is 18.3 Å². The first-order chi connectivity index (χ1) is 9.17. The Labute approximate surface area is 113 Å². The van der Waals surface area contributed by atoms with Crippen LogP contribution < -0.4 is 16.0 Å². The zero-order valence-electron chi connectivity index (χ0n) is 11.2. The van der Waals surface area contributed by atoms with Crippen LogP contribution >= 0.6 is 0 Å². The summed E-state index contributed by atoms with van der Waals surface area (Å²) in [4.78, 5) is 15.5. The molecule has 1 heterocycles. The van der Waals surface area contributed by atoms with Crippen LogP contribution in [0.4, 0.5) is 10.6 Å². The van der Waals surface area contributed by atoms with Crippen LogP contribution in [0, 0.1) is 11.3 Å². The molecule has 1 aromatic rings. The number of carbonyl (C=O) groups is 1. The minimum Gasteiger partial charge on any atom is -0.367 e. The van der Waals surface area contributed by atoms with Crippen molar-refractivity contribution in [1.82, 2.24) is 15.6 Å². The van der Waals surface area contributed by atoms with Crippen molar-refractivity contribution in [2.45, 2.75) is 26.3 Å². The monoisotopic (exact) mass is 261 g/mol. The first-order valence-electron chi connectivity index (χ1n) is 6.30. The number of hydrogen-bond acceptors (Lipinski definition) is 4. The zero-order chi connectivity index (χ0) is 14.1. The van der Waals surface area contributed by atoms with E-state index in [0.29, 0.717) is 24.5 Å². The lowest BCUT2D eigenvalue weighted by Gasteiger charge is -2.13. The van der Waals surface area contributed by atoms with Gasteiger partial charge in [0, 0.05) is 25.3 Å². The quantitative estimate of drug-likeness (QED) is 0.676. The van der Waals surface area contributed by atoms with Gasteiger partial charge in [0.05, 0.1) is 5.56 Å². The number of aromatic nitrogens is 1. The van der Waals surface area contributed by atoms with Crippen molar-refractivity contribution in [3.05, 3.63) is 23.9 Å². The molecule has 6 heteroatoms. The predicted molar refractivity (Wildman–Crippen MR) is 73.7 cm³/mol. The molecule has 1 rings (SSSR count). The maximum Gasteiger partial charge on any atom is 0.315 e. The van der Waals surface area contributed by atoms with E-state index in [0.717, 1.165) is 6.42 Å². The van der Waals surface area contributed by atoms with E-state index in [-0.39, 0.29) is 12.1 Å². The normalized spacial score (nSPS) is 11.2. The van der Waals surface area contributed by atoms with Crippen LogP contribution in [0.1, 0.15) is 25.8 Å². The molecule has 0 aliphatic rings. The third-order valence-electron chi connectivity index (χ3n) is 2.62. The van der Waals surface area contributed by atoms with Gasteiger partial charge in [-0.3, -0.25) is 0 Å². The van der Waals surface area contributed by atoms with Crippen molar-refractivity contribution < 1.29 is 4.79 Å². The molecule has 0 radical (unpaired) electrons. The van der Waals surface area contributed by atoms with Gasteiger partial charge in [0.1, 0.15) is 11.9 Å². The number of amides is 2. The average Bonchev–Trinajstić information content (AvgIpc) is 2.43. The summed E-state index contributed by atoms with van der Waals surface area (Å²) in [5, 5.41) is 17.4. The minimum atomic E-state index is -0.183. The van der Waals surface area contributed by atoms with Gasteiger partial charge in [0.2, 0.25) is 0 Å². The van der Waals surface area contributed by atoms with Crippen molar-refractivity contribution in [2.24, 2.45) is 0 Å². The molecule has 0 aromatic carbocycles. The van der Waals surface area contributed by atoms with E-state index in [1.165, 1.54) is 0 Å². The second-order valence-electron chi connectivity index (χ2n) is 4.15. The number of nitrogens with one attached hydrogen (secondary N) is 3. The lowest BCUT2D eigenvalue weighted by molar-refractivity contribution is 0.238. The van der Waals surface area contributed by atoms with E-state index < -0.39 is 0 Å². The van der Waals surface area contributed by atoms with Crippen LogP contribution in [0.2, 0.25) is 0 Å². The van der Waals surface area contributed by atoms with E-state index in [9.17, 15) is 4.79 Å². The molecule has 1 atom stereocenters. The lowest BCUT2D eigenvalue weighted by atomic mass is 10.3. The van der Waals surface area contributed by atoms with E-state index in [4.69, 9.17) is 5.26 Å². The summed E-state index contributed by atoms with van der Waals surface area (Å²) in [6.07, 6.45) is 2.51. The van der Waals surface area contributed by atoms with Crippen molar-refractivity contribution in [1.29, 1.82) is 5.26 Å². The van der Waals surface area contributed by atoms with Gasteiger partial charge in [-0.05, 0) is 25.5 Å². The number of rotatable bonds is 6. The number of pyridine rings is 1. The molecular weight excluding hydrogens is 242 g/mol. The fourth-order valence-electron chi connectivity index (χ4n) is 1.37. The summed E-state index contributed by atoms with van der Waals surface area (Å²) >= 11 is 0. The fraction of sp³-hybridized carbons (Fsp3) is 0.462. The molecule has 0 bridgehead atoms. The van der Waals surface area contributed by atoms with Crippen LogP contribution in [0.15, 0.2) is 18.3 Å². The molecule has 0 saturated carbocycles. The average molecular weight is 261 g/mol. The first kappa shape index (κ1) is 14.8. The van der Waals surface area contributed by atoms with Crippen LogP contribution in [0.3, 0.4) is 0 Å². The Kier molecular flexibility index (Phi) is 6.16. The molecule has 0 saturated heterocycles. The highest BCUT2D eigenvalue weighted by Crippen LogP contribution is 2.08. The molecule has 0 aliphatic carbocycles. The third-order valence-corrected chi connectivity index (χ3v) is 2.62. The molecule has 19 heavy (non-hydrogen) atoms. The van der Waals surface area contributed by atoms with Crippen molar-refractivity contribution in [2.75, 3.05) is 18.4 Å². The van der Waals surface area contributed by atoms with Crippen LogP contribution in [-0.2, 0) is 0 Å². The zero-order valence-corrected chi connectivity index (χ0v) is 11.2. The van der Waals surface area contributed by atoms with Gasteiger partial charge >= 0.3 is 6.03 Å². The molecule has 0 fully saturated rings. The van der Waals surface area contributed by atoms with E-state index in [1.807, 2.05) is 13.8 Å². The van der Waals surface area contributed by atoms with E-state index in [2.05, 4.69) is 27.0 Å². The van der Waals surface area contributed by atoms with Crippen molar-refractivity contribution >= 4 is 11.8 Å². The number of hydrogen-bond donors (Lipinski definition) is 3. The molecule has 2 amide bonds. The third kappa shape index (κ3) is 5.25. The Morgan fingerprint density at radius 1 is 1.53 bits per heavy atom. The molecule has 1 aromatic heterocycles. The summed E-state index contributed by atoms with van der Waals surface area (Å²) < 4.78 is 0. The largest absolute Gasteiger partial charge is 0.367 e. The topological polar surface area (TPSA) is 89.8 Å². The van der Waals surface area contributed by atoms with Crippen molar-refractivity contribution in [3.63, 3.8) is 0 Å².